The lowest BCUT2D eigenvalue weighted by atomic mass is 9.89. The molecule has 1 atom stereocenters. The first-order valence-corrected chi connectivity index (χ1v) is 9.10. The van der Waals surface area contributed by atoms with E-state index in [4.69, 9.17) is 4.74 Å². The second-order valence-corrected chi connectivity index (χ2v) is 8.07. The molecule has 128 valence electrons. The van der Waals surface area contributed by atoms with Crippen molar-refractivity contribution in [1.29, 1.82) is 0 Å². The highest BCUT2D eigenvalue weighted by atomic mass is 16.6. The van der Waals surface area contributed by atoms with Crippen LogP contribution in [0, 0.1) is 5.92 Å². The first kappa shape index (κ1) is 17.7. The largest absolute Gasteiger partial charge is 0.459 e. The Morgan fingerprint density at radius 1 is 1.14 bits per heavy atom. The molecule has 1 aliphatic heterocycles. The normalized spacial score (nSPS) is 25.1. The summed E-state index contributed by atoms with van der Waals surface area (Å²) in [6.45, 7) is 9.36. The lowest BCUT2D eigenvalue weighted by Gasteiger charge is -2.34. The fraction of sp³-hybridized carbons (Fsp3) is 0.944. The van der Waals surface area contributed by atoms with Crippen LogP contribution >= 0.6 is 0 Å². The van der Waals surface area contributed by atoms with Crippen LogP contribution < -0.4 is 5.32 Å². The quantitative estimate of drug-likeness (QED) is 0.793. The lowest BCUT2D eigenvalue weighted by molar-refractivity contribution is -0.156. The molecule has 1 aliphatic carbocycles. The number of esters is 1. The number of hydrogen-bond donors (Lipinski definition) is 1. The van der Waals surface area contributed by atoms with E-state index in [2.05, 4.69) is 10.2 Å². The summed E-state index contributed by atoms with van der Waals surface area (Å²) in [6, 6.07) is 0.540. The number of carbonyl (C=O) groups excluding carboxylic acids is 1. The van der Waals surface area contributed by atoms with Crippen molar-refractivity contribution in [3.8, 4) is 0 Å². The fourth-order valence-electron chi connectivity index (χ4n) is 3.65. The van der Waals surface area contributed by atoms with Gasteiger partial charge < -0.3 is 10.1 Å². The molecule has 1 N–H and O–H groups in total. The Labute approximate surface area is 136 Å². The highest BCUT2D eigenvalue weighted by Gasteiger charge is 2.24. The Morgan fingerprint density at radius 3 is 2.55 bits per heavy atom. The molecular weight excluding hydrogens is 276 g/mol. The van der Waals surface area contributed by atoms with Crippen molar-refractivity contribution < 1.29 is 9.53 Å². The predicted molar refractivity (Wildman–Crippen MR) is 89.9 cm³/mol. The molecule has 0 bridgehead atoms. The predicted octanol–water partition coefficient (Wildman–Crippen LogP) is 2.96. The number of likely N-dealkylation sites (tertiary alicyclic amines) is 1. The van der Waals surface area contributed by atoms with Gasteiger partial charge in [0.25, 0.3) is 0 Å². The molecule has 2 aliphatic rings. The second-order valence-electron chi connectivity index (χ2n) is 8.07. The van der Waals surface area contributed by atoms with Crippen LogP contribution in [0.3, 0.4) is 0 Å². The van der Waals surface area contributed by atoms with E-state index in [1.54, 1.807) is 0 Å². The monoisotopic (exact) mass is 310 g/mol. The van der Waals surface area contributed by atoms with Gasteiger partial charge in [-0.15, -0.1) is 0 Å². The Bertz CT molecular complexity index is 345. The van der Waals surface area contributed by atoms with Crippen LogP contribution in [-0.4, -0.2) is 48.7 Å². The van der Waals surface area contributed by atoms with E-state index in [1.165, 1.54) is 44.9 Å². The van der Waals surface area contributed by atoms with E-state index in [0.717, 1.165) is 25.6 Å². The molecule has 0 aromatic heterocycles. The summed E-state index contributed by atoms with van der Waals surface area (Å²) in [5.41, 5.74) is -0.383. The highest BCUT2D eigenvalue weighted by molar-refractivity contribution is 5.72. The summed E-state index contributed by atoms with van der Waals surface area (Å²) < 4.78 is 5.43. The van der Waals surface area contributed by atoms with E-state index < -0.39 is 0 Å². The molecule has 4 heteroatoms. The molecule has 1 heterocycles. The Hall–Kier alpha value is -0.610. The zero-order chi connectivity index (χ0) is 16.0. The molecule has 22 heavy (non-hydrogen) atoms. The third-order valence-corrected chi connectivity index (χ3v) is 4.70. The highest BCUT2D eigenvalue weighted by Crippen LogP contribution is 2.23. The van der Waals surface area contributed by atoms with Crippen LogP contribution in [0.25, 0.3) is 0 Å². The van der Waals surface area contributed by atoms with Gasteiger partial charge in [-0.25, -0.2) is 0 Å². The van der Waals surface area contributed by atoms with Crippen molar-refractivity contribution in [1.82, 2.24) is 10.2 Å². The molecule has 2 fully saturated rings. The maximum atomic E-state index is 12.0. The number of carbonyl (C=O) groups is 1. The van der Waals surface area contributed by atoms with Crippen LogP contribution in [0.1, 0.15) is 65.7 Å². The van der Waals surface area contributed by atoms with Crippen molar-refractivity contribution in [2.75, 3.05) is 26.2 Å². The average Bonchev–Trinajstić information content (AvgIpc) is 2.44. The fourth-order valence-corrected chi connectivity index (χ4v) is 3.65. The van der Waals surface area contributed by atoms with Gasteiger partial charge in [0.1, 0.15) is 5.60 Å². The molecule has 1 saturated carbocycles. The number of piperidine rings is 1. The van der Waals surface area contributed by atoms with Gasteiger partial charge in [0.05, 0.1) is 6.54 Å². The van der Waals surface area contributed by atoms with Crippen LogP contribution in [0.5, 0.6) is 0 Å². The van der Waals surface area contributed by atoms with Crippen molar-refractivity contribution in [2.24, 2.45) is 5.92 Å². The van der Waals surface area contributed by atoms with Crippen LogP contribution in [0.15, 0.2) is 0 Å². The van der Waals surface area contributed by atoms with E-state index >= 15 is 0 Å². The van der Waals surface area contributed by atoms with Crippen LogP contribution in [-0.2, 0) is 9.53 Å². The Kier molecular flexibility index (Phi) is 6.69. The van der Waals surface area contributed by atoms with Crippen molar-refractivity contribution in [2.45, 2.75) is 77.4 Å². The van der Waals surface area contributed by atoms with Gasteiger partial charge in [-0.3, -0.25) is 9.69 Å². The molecule has 4 nitrogen and oxygen atoms in total. The first-order valence-electron chi connectivity index (χ1n) is 9.10. The first-order chi connectivity index (χ1) is 10.4. The standard InChI is InChI=1S/C18H34N2O2/c1-18(2,3)22-17(21)14-20-11-7-10-16(13-20)19-12-15-8-5-4-6-9-15/h15-16,19H,4-14H2,1-3H3. The molecule has 0 aromatic carbocycles. The maximum Gasteiger partial charge on any atom is 0.320 e. The third kappa shape index (κ3) is 6.66. The summed E-state index contributed by atoms with van der Waals surface area (Å²) in [6.07, 6.45) is 9.42. The molecular formula is C18H34N2O2. The zero-order valence-corrected chi connectivity index (χ0v) is 14.7. The summed E-state index contributed by atoms with van der Waals surface area (Å²) in [4.78, 5) is 14.2. The number of ether oxygens (including phenoxy) is 1. The van der Waals surface area contributed by atoms with Crippen molar-refractivity contribution >= 4 is 5.97 Å². The summed E-state index contributed by atoms with van der Waals surface area (Å²) in [5, 5.41) is 3.75. The van der Waals surface area contributed by atoms with E-state index in [0.29, 0.717) is 12.6 Å². The van der Waals surface area contributed by atoms with Crippen LogP contribution in [0.2, 0.25) is 0 Å². The summed E-state index contributed by atoms with van der Waals surface area (Å²) in [7, 11) is 0. The van der Waals surface area contributed by atoms with E-state index in [9.17, 15) is 4.79 Å². The molecule has 2 rings (SSSR count). The second kappa shape index (κ2) is 8.30. The zero-order valence-electron chi connectivity index (χ0n) is 14.7. The van der Waals surface area contributed by atoms with Crippen molar-refractivity contribution in [3.63, 3.8) is 0 Å². The molecule has 0 aromatic rings. The number of nitrogens with zero attached hydrogens (tertiary/aromatic N) is 1. The van der Waals surface area contributed by atoms with E-state index in [1.807, 2.05) is 20.8 Å². The van der Waals surface area contributed by atoms with Gasteiger partial charge in [-0.1, -0.05) is 19.3 Å². The topological polar surface area (TPSA) is 41.6 Å². The molecule has 1 saturated heterocycles. The molecule has 0 amide bonds. The number of rotatable bonds is 5. The molecule has 1 unspecified atom stereocenters. The maximum absolute atomic E-state index is 12.0. The molecule has 0 radical (unpaired) electrons. The van der Waals surface area contributed by atoms with Gasteiger partial charge in [0, 0.05) is 12.6 Å². The minimum Gasteiger partial charge on any atom is -0.459 e. The van der Waals surface area contributed by atoms with Gasteiger partial charge in [-0.2, -0.15) is 0 Å². The Morgan fingerprint density at radius 2 is 1.86 bits per heavy atom. The van der Waals surface area contributed by atoms with Crippen LogP contribution in [0.4, 0.5) is 0 Å². The molecule has 0 spiro atoms. The third-order valence-electron chi connectivity index (χ3n) is 4.70. The Balaban J connectivity index is 1.68. The minimum atomic E-state index is -0.383. The lowest BCUT2D eigenvalue weighted by Crippen LogP contribution is -2.49. The van der Waals surface area contributed by atoms with Gasteiger partial charge in [-0.05, 0) is 65.5 Å². The van der Waals surface area contributed by atoms with E-state index in [-0.39, 0.29) is 11.6 Å². The minimum absolute atomic E-state index is 0.0968. The smallest absolute Gasteiger partial charge is 0.320 e. The SMILES string of the molecule is CC(C)(C)OC(=O)CN1CCCC(NCC2CCCCC2)C1. The average molecular weight is 310 g/mol. The number of hydrogen-bond acceptors (Lipinski definition) is 4. The summed E-state index contributed by atoms with van der Waals surface area (Å²) in [5.74, 6) is 0.774. The summed E-state index contributed by atoms with van der Waals surface area (Å²) >= 11 is 0. The van der Waals surface area contributed by atoms with Crippen molar-refractivity contribution in [3.05, 3.63) is 0 Å². The van der Waals surface area contributed by atoms with Gasteiger partial charge in [0.15, 0.2) is 0 Å². The number of nitrogens with one attached hydrogen (secondary N) is 1. The van der Waals surface area contributed by atoms with Gasteiger partial charge >= 0.3 is 5.97 Å². The van der Waals surface area contributed by atoms with Gasteiger partial charge in [0.2, 0.25) is 0 Å².